The number of fused-ring (bicyclic) bond motifs is 3. The zero-order valence-electron chi connectivity index (χ0n) is 34.8. The second kappa shape index (κ2) is 16.7. The lowest BCUT2D eigenvalue weighted by Crippen LogP contribution is -2.59. The molecule has 0 spiro atoms. The lowest BCUT2D eigenvalue weighted by atomic mass is 9.88. The third-order valence-electron chi connectivity index (χ3n) is 11.7. The van der Waals surface area contributed by atoms with E-state index >= 15 is 0 Å². The third-order valence-corrected chi connectivity index (χ3v) is 13.5. The molecule has 2 saturated carbocycles. The van der Waals surface area contributed by atoms with Crippen molar-refractivity contribution < 1.29 is 46.2 Å². The Balaban J connectivity index is 1.26. The van der Waals surface area contributed by atoms with Crippen LogP contribution >= 0.6 is 0 Å². The van der Waals surface area contributed by atoms with Crippen molar-refractivity contribution in [3.8, 4) is 22.9 Å². The van der Waals surface area contributed by atoms with Gasteiger partial charge in [0.2, 0.25) is 27.7 Å². The minimum Gasteiger partial charge on any atom is -0.497 e. The van der Waals surface area contributed by atoms with E-state index in [0.717, 1.165) is 6.42 Å². The summed E-state index contributed by atoms with van der Waals surface area (Å²) in [5.74, 6) is -2.38. The first-order valence-electron chi connectivity index (χ1n) is 20.6. The summed E-state index contributed by atoms with van der Waals surface area (Å²) in [5.41, 5.74) is -1.30. The van der Waals surface area contributed by atoms with Crippen molar-refractivity contribution in [3.63, 3.8) is 0 Å². The molecule has 4 amide bonds. The summed E-state index contributed by atoms with van der Waals surface area (Å²) in [6.45, 7) is 9.01. The summed E-state index contributed by atoms with van der Waals surface area (Å²) in [5, 5.41) is 6.38. The maximum absolute atomic E-state index is 14.9. The molecule has 322 valence electrons. The molecule has 3 heterocycles. The van der Waals surface area contributed by atoms with E-state index in [4.69, 9.17) is 19.2 Å². The lowest BCUT2D eigenvalue weighted by Gasteiger charge is -2.33. The van der Waals surface area contributed by atoms with Crippen LogP contribution in [0, 0.1) is 23.6 Å². The van der Waals surface area contributed by atoms with Crippen LogP contribution in [0.5, 0.6) is 11.6 Å². The Morgan fingerprint density at radius 3 is 2.43 bits per heavy atom. The van der Waals surface area contributed by atoms with Crippen molar-refractivity contribution >= 4 is 44.6 Å². The Kier molecular flexibility index (Phi) is 11.9. The van der Waals surface area contributed by atoms with E-state index in [1.54, 1.807) is 52.1 Å². The van der Waals surface area contributed by atoms with Crippen LogP contribution in [0.4, 0.5) is 9.18 Å². The SMILES string of the molecule is COc1ccc2c(OC3CC4C(=O)NC5(C(=O)NS(=O)(=O)C6CC6)CC5C=CCCC(C)CC(C)C(NC(=O)OC(C)(C)C)C(=O)N4C3)nc(-c3ccc(F)cc3)cc2c1. The van der Waals surface area contributed by atoms with E-state index in [-0.39, 0.29) is 37.1 Å². The molecule has 2 aliphatic carbocycles. The molecule has 14 nitrogen and oxygen atoms in total. The monoisotopic (exact) mass is 847 g/mol. The van der Waals surface area contributed by atoms with Crippen LogP contribution in [0.15, 0.2) is 60.7 Å². The molecule has 3 N–H and O–H groups in total. The second-order valence-electron chi connectivity index (χ2n) is 17.8. The Bertz CT molecular complexity index is 2290. The molecule has 1 aromatic heterocycles. The first kappa shape index (κ1) is 42.9. The quantitative estimate of drug-likeness (QED) is 0.235. The van der Waals surface area contributed by atoms with Gasteiger partial charge in [-0.2, -0.15) is 0 Å². The number of aromatic nitrogens is 1. The number of nitrogens with one attached hydrogen (secondary N) is 3. The number of halogens is 1. The Morgan fingerprint density at radius 2 is 1.75 bits per heavy atom. The number of ether oxygens (including phenoxy) is 3. The van der Waals surface area contributed by atoms with Gasteiger partial charge in [-0.25, -0.2) is 22.6 Å². The molecular weight excluding hydrogens is 794 g/mol. The summed E-state index contributed by atoms with van der Waals surface area (Å²) < 4.78 is 59.8. The van der Waals surface area contributed by atoms with Crippen LogP contribution in [-0.4, -0.2) is 90.3 Å². The van der Waals surface area contributed by atoms with Gasteiger partial charge in [0.25, 0.3) is 5.91 Å². The number of sulfonamides is 1. The average molecular weight is 848 g/mol. The molecule has 4 aliphatic rings. The average Bonchev–Trinajstić information content (AvgIpc) is 4.11. The molecular formula is C44H54FN5O9S. The van der Waals surface area contributed by atoms with Gasteiger partial charge in [-0.3, -0.25) is 19.1 Å². The molecule has 16 heteroatoms. The smallest absolute Gasteiger partial charge is 0.408 e. The normalized spacial score (nSPS) is 27.4. The van der Waals surface area contributed by atoms with Crippen molar-refractivity contribution in [1.82, 2.24) is 25.2 Å². The number of benzene rings is 2. The summed E-state index contributed by atoms with van der Waals surface area (Å²) in [4.78, 5) is 63.0. The summed E-state index contributed by atoms with van der Waals surface area (Å²) in [6, 6.07) is 10.8. The van der Waals surface area contributed by atoms with Gasteiger partial charge >= 0.3 is 6.09 Å². The van der Waals surface area contributed by atoms with E-state index in [1.807, 2.05) is 31.2 Å². The minimum absolute atomic E-state index is 0.0276. The largest absolute Gasteiger partial charge is 0.497 e. The highest BCUT2D eigenvalue weighted by Gasteiger charge is 2.62. The van der Waals surface area contributed by atoms with E-state index in [1.165, 1.54) is 17.0 Å². The van der Waals surface area contributed by atoms with E-state index < -0.39 is 80.2 Å². The number of pyridine rings is 1. The second-order valence-corrected chi connectivity index (χ2v) is 19.7. The number of carbonyl (C=O) groups is 4. The Morgan fingerprint density at radius 1 is 1.02 bits per heavy atom. The molecule has 7 unspecified atom stereocenters. The van der Waals surface area contributed by atoms with Gasteiger partial charge in [0.1, 0.15) is 40.9 Å². The molecule has 0 radical (unpaired) electrons. The van der Waals surface area contributed by atoms with Crippen LogP contribution in [0.1, 0.15) is 79.6 Å². The van der Waals surface area contributed by atoms with E-state index in [9.17, 15) is 32.0 Å². The zero-order chi connectivity index (χ0) is 43.1. The van der Waals surface area contributed by atoms with Gasteiger partial charge in [-0.15, -0.1) is 0 Å². The molecule has 7 atom stereocenters. The Hall–Kier alpha value is -5.25. The fraction of sp³-hybridized carbons (Fsp3) is 0.523. The summed E-state index contributed by atoms with van der Waals surface area (Å²) in [6.07, 6.45) is 5.22. The Labute approximate surface area is 350 Å². The number of alkyl carbamates (subject to hydrolysis) is 1. The first-order valence-corrected chi connectivity index (χ1v) is 22.2. The van der Waals surface area contributed by atoms with Crippen molar-refractivity contribution in [2.24, 2.45) is 17.8 Å². The molecule has 2 aliphatic heterocycles. The number of rotatable bonds is 8. The van der Waals surface area contributed by atoms with Crippen LogP contribution in [-0.2, 0) is 29.1 Å². The molecule has 60 heavy (non-hydrogen) atoms. The van der Waals surface area contributed by atoms with Crippen LogP contribution < -0.4 is 24.8 Å². The summed E-state index contributed by atoms with van der Waals surface area (Å²) >= 11 is 0. The molecule has 7 rings (SSSR count). The van der Waals surface area contributed by atoms with Gasteiger partial charge in [-0.05, 0) is 125 Å². The van der Waals surface area contributed by atoms with Gasteiger partial charge in [0, 0.05) is 23.3 Å². The highest BCUT2D eigenvalue weighted by molar-refractivity contribution is 7.91. The standard InChI is InChI=1S/C44H54FN5O9S/c1-25-9-7-8-10-29-23-44(29,41(53)49-60(55,56)33-16-17-33)48-38(51)36-22-32(24-50(36)40(52)37(26(2)19-25)47-42(54)59-43(3,4)5)58-39-34-18-15-31(57-6)20-28(34)21-35(46-39)27-11-13-30(45)14-12-27/h8,10-15,18,20-21,25-26,29,32-33,36-37H,7,9,16-17,19,22-24H2,1-6H3,(H,47,54)(H,48,51)(H,49,53). The van der Waals surface area contributed by atoms with Crippen molar-refractivity contribution in [2.45, 2.75) is 114 Å². The number of carbonyl (C=O) groups excluding carboxylic acids is 4. The summed E-state index contributed by atoms with van der Waals surface area (Å²) in [7, 11) is -2.39. The van der Waals surface area contributed by atoms with Gasteiger partial charge in [0.05, 0.1) is 24.6 Å². The van der Waals surface area contributed by atoms with Gasteiger partial charge in [0.15, 0.2) is 0 Å². The van der Waals surface area contributed by atoms with Gasteiger partial charge in [-0.1, -0.05) is 26.0 Å². The molecule has 1 saturated heterocycles. The number of allylic oxidation sites excluding steroid dienone is 1. The molecule has 0 bridgehead atoms. The predicted molar refractivity (Wildman–Crippen MR) is 222 cm³/mol. The number of hydrogen-bond donors (Lipinski definition) is 3. The van der Waals surface area contributed by atoms with Crippen LogP contribution in [0.2, 0.25) is 0 Å². The van der Waals surface area contributed by atoms with Crippen molar-refractivity contribution in [1.29, 1.82) is 0 Å². The zero-order valence-corrected chi connectivity index (χ0v) is 35.6. The number of hydrogen-bond acceptors (Lipinski definition) is 10. The molecule has 3 aromatic rings. The molecule has 3 fully saturated rings. The third kappa shape index (κ3) is 9.53. The van der Waals surface area contributed by atoms with E-state index in [2.05, 4.69) is 22.3 Å². The fourth-order valence-corrected chi connectivity index (χ4v) is 9.64. The first-order chi connectivity index (χ1) is 28.4. The maximum Gasteiger partial charge on any atom is 0.408 e. The van der Waals surface area contributed by atoms with Crippen molar-refractivity contribution in [3.05, 3.63) is 66.5 Å². The predicted octanol–water partition coefficient (Wildman–Crippen LogP) is 5.79. The lowest BCUT2D eigenvalue weighted by molar-refractivity contribution is -0.142. The number of methoxy groups -OCH3 is 1. The highest BCUT2D eigenvalue weighted by Crippen LogP contribution is 2.46. The maximum atomic E-state index is 14.9. The number of amides is 4. The highest BCUT2D eigenvalue weighted by atomic mass is 32.2. The van der Waals surface area contributed by atoms with Crippen LogP contribution in [0.25, 0.3) is 22.0 Å². The van der Waals surface area contributed by atoms with E-state index in [0.29, 0.717) is 53.5 Å². The van der Waals surface area contributed by atoms with Gasteiger partial charge < -0.3 is 29.7 Å². The van der Waals surface area contributed by atoms with Crippen LogP contribution in [0.3, 0.4) is 0 Å². The fourth-order valence-electron chi connectivity index (χ4n) is 8.28. The minimum atomic E-state index is -3.94. The topological polar surface area (TPSA) is 182 Å². The number of nitrogens with zero attached hydrogens (tertiary/aromatic N) is 2. The van der Waals surface area contributed by atoms with Crippen molar-refractivity contribution in [2.75, 3.05) is 13.7 Å². The molecule has 2 aromatic carbocycles.